The molecule has 0 fully saturated rings. The highest BCUT2D eigenvalue weighted by Gasteiger charge is 1.99. The van der Waals surface area contributed by atoms with Crippen LogP contribution in [0.2, 0.25) is 5.02 Å². The second-order valence-corrected chi connectivity index (χ2v) is 3.21. The third-order valence-electron chi connectivity index (χ3n) is 1.76. The van der Waals surface area contributed by atoms with Crippen LogP contribution in [0.25, 0.3) is 0 Å². The molecule has 0 amide bonds. The summed E-state index contributed by atoms with van der Waals surface area (Å²) in [6, 6.07) is 6.83. The normalized spacial score (nSPS) is 9.81. The number of carbonyl (C=O) groups is 1. The van der Waals surface area contributed by atoms with Crippen molar-refractivity contribution in [2.75, 3.05) is 12.4 Å². The quantitative estimate of drug-likeness (QED) is 0.646. The number of hydrogen-bond acceptors (Lipinski definition) is 4. The van der Waals surface area contributed by atoms with E-state index in [0.717, 1.165) is 0 Å². The summed E-state index contributed by atoms with van der Waals surface area (Å²) >= 11 is 5.82. The third kappa shape index (κ3) is 3.30. The van der Waals surface area contributed by atoms with Crippen LogP contribution in [0, 0.1) is 11.3 Å². The maximum atomic E-state index is 10.8. The Kier molecular flexibility index (Phi) is 4.37. The standard InChI is InChI=1S/C11H9ClN2O2/c1-16-11(15)4-5-14-9-3-2-8(7-13)10(12)6-9/h2-6,14H,1H3/b5-4+. The van der Waals surface area contributed by atoms with Gasteiger partial charge in [0, 0.05) is 18.0 Å². The summed E-state index contributed by atoms with van der Waals surface area (Å²) in [5.74, 6) is -0.452. The molecular formula is C11H9ClN2O2. The lowest BCUT2D eigenvalue weighted by Gasteiger charge is -2.01. The van der Waals surface area contributed by atoms with Gasteiger partial charge in [-0.25, -0.2) is 4.79 Å². The molecule has 1 rings (SSSR count). The smallest absolute Gasteiger partial charge is 0.331 e. The molecule has 1 aromatic carbocycles. The first kappa shape index (κ1) is 12.1. The van der Waals surface area contributed by atoms with Gasteiger partial charge in [0.2, 0.25) is 0 Å². The fourth-order valence-electron chi connectivity index (χ4n) is 0.970. The van der Waals surface area contributed by atoms with Gasteiger partial charge in [-0.2, -0.15) is 5.26 Å². The molecule has 0 aliphatic carbocycles. The number of carbonyl (C=O) groups excluding carboxylic acids is 1. The number of hydrogen-bond donors (Lipinski definition) is 1. The average molecular weight is 237 g/mol. The van der Waals surface area contributed by atoms with Crippen LogP contribution in [0.1, 0.15) is 5.56 Å². The highest BCUT2D eigenvalue weighted by Crippen LogP contribution is 2.19. The van der Waals surface area contributed by atoms with E-state index in [4.69, 9.17) is 16.9 Å². The number of esters is 1. The van der Waals surface area contributed by atoms with E-state index in [-0.39, 0.29) is 0 Å². The van der Waals surface area contributed by atoms with E-state index in [2.05, 4.69) is 10.1 Å². The van der Waals surface area contributed by atoms with Gasteiger partial charge in [0.25, 0.3) is 0 Å². The SMILES string of the molecule is COC(=O)/C=C/Nc1ccc(C#N)c(Cl)c1. The van der Waals surface area contributed by atoms with Gasteiger partial charge in [0.15, 0.2) is 0 Å². The number of anilines is 1. The van der Waals surface area contributed by atoms with Gasteiger partial charge >= 0.3 is 5.97 Å². The van der Waals surface area contributed by atoms with Gasteiger partial charge in [0.05, 0.1) is 17.7 Å². The molecule has 82 valence electrons. The summed E-state index contributed by atoms with van der Waals surface area (Å²) < 4.78 is 4.41. The Morgan fingerprint density at radius 1 is 1.62 bits per heavy atom. The molecule has 0 aliphatic rings. The Hall–Kier alpha value is -1.99. The highest BCUT2D eigenvalue weighted by atomic mass is 35.5. The minimum Gasteiger partial charge on any atom is -0.466 e. The van der Waals surface area contributed by atoms with E-state index in [9.17, 15) is 4.79 Å². The van der Waals surface area contributed by atoms with E-state index in [1.807, 2.05) is 6.07 Å². The number of nitriles is 1. The molecule has 0 heterocycles. The maximum absolute atomic E-state index is 10.8. The van der Waals surface area contributed by atoms with Crippen molar-refractivity contribution < 1.29 is 9.53 Å². The summed E-state index contributed by atoms with van der Waals surface area (Å²) in [5.41, 5.74) is 1.09. The lowest BCUT2D eigenvalue weighted by Crippen LogP contribution is -1.96. The molecule has 4 nitrogen and oxygen atoms in total. The fourth-order valence-corrected chi connectivity index (χ4v) is 1.19. The van der Waals surface area contributed by atoms with Crippen LogP contribution in [-0.4, -0.2) is 13.1 Å². The first-order chi connectivity index (χ1) is 7.67. The van der Waals surface area contributed by atoms with Crippen LogP contribution in [0.15, 0.2) is 30.5 Å². The molecule has 0 atom stereocenters. The predicted octanol–water partition coefficient (Wildman–Crippen LogP) is 2.31. The highest BCUT2D eigenvalue weighted by molar-refractivity contribution is 6.32. The zero-order chi connectivity index (χ0) is 12.0. The minimum absolute atomic E-state index is 0.360. The lowest BCUT2D eigenvalue weighted by atomic mass is 10.2. The maximum Gasteiger partial charge on any atom is 0.331 e. The first-order valence-corrected chi connectivity index (χ1v) is 4.76. The van der Waals surface area contributed by atoms with Crippen LogP contribution >= 0.6 is 11.6 Å². The molecule has 0 radical (unpaired) electrons. The Bertz CT molecular complexity index is 464. The number of benzene rings is 1. The van der Waals surface area contributed by atoms with E-state index >= 15 is 0 Å². The van der Waals surface area contributed by atoms with Crippen LogP contribution in [0.3, 0.4) is 0 Å². The van der Waals surface area contributed by atoms with Crippen molar-refractivity contribution in [1.29, 1.82) is 5.26 Å². The van der Waals surface area contributed by atoms with Gasteiger partial charge in [-0.15, -0.1) is 0 Å². The lowest BCUT2D eigenvalue weighted by molar-refractivity contribution is -0.134. The fraction of sp³-hybridized carbons (Fsp3) is 0.0909. The molecule has 0 saturated heterocycles. The van der Waals surface area contributed by atoms with E-state index in [1.165, 1.54) is 19.4 Å². The van der Waals surface area contributed by atoms with Crippen LogP contribution < -0.4 is 5.32 Å². The van der Waals surface area contributed by atoms with Crippen molar-refractivity contribution >= 4 is 23.3 Å². The molecule has 0 spiro atoms. The summed E-state index contributed by atoms with van der Waals surface area (Å²) in [6.45, 7) is 0. The molecule has 16 heavy (non-hydrogen) atoms. The topological polar surface area (TPSA) is 62.1 Å². The van der Waals surface area contributed by atoms with Crippen LogP contribution in [0.4, 0.5) is 5.69 Å². The average Bonchev–Trinajstić information content (AvgIpc) is 2.29. The van der Waals surface area contributed by atoms with E-state index < -0.39 is 5.97 Å². The molecule has 0 aromatic heterocycles. The number of nitrogens with one attached hydrogen (secondary N) is 1. The second-order valence-electron chi connectivity index (χ2n) is 2.81. The first-order valence-electron chi connectivity index (χ1n) is 4.38. The number of methoxy groups -OCH3 is 1. The minimum atomic E-state index is -0.452. The van der Waals surface area contributed by atoms with Crippen molar-refractivity contribution in [2.45, 2.75) is 0 Å². The molecule has 0 aliphatic heterocycles. The predicted molar refractivity (Wildman–Crippen MR) is 60.9 cm³/mol. The summed E-state index contributed by atoms with van der Waals surface area (Å²) in [6.07, 6.45) is 2.68. The molecule has 0 bridgehead atoms. The monoisotopic (exact) mass is 236 g/mol. The van der Waals surface area contributed by atoms with Gasteiger partial charge < -0.3 is 10.1 Å². The Labute approximate surface area is 98.1 Å². The van der Waals surface area contributed by atoms with Crippen LogP contribution in [0.5, 0.6) is 0 Å². The third-order valence-corrected chi connectivity index (χ3v) is 2.07. The number of nitrogens with zero attached hydrogens (tertiary/aromatic N) is 1. The van der Waals surface area contributed by atoms with E-state index in [1.54, 1.807) is 18.2 Å². The number of ether oxygens (including phenoxy) is 1. The Morgan fingerprint density at radius 3 is 2.94 bits per heavy atom. The summed E-state index contributed by atoms with van der Waals surface area (Å²) in [4.78, 5) is 10.8. The van der Waals surface area contributed by atoms with Gasteiger partial charge in [-0.3, -0.25) is 0 Å². The van der Waals surface area contributed by atoms with Crippen molar-refractivity contribution in [3.05, 3.63) is 41.1 Å². The van der Waals surface area contributed by atoms with Crippen molar-refractivity contribution in [2.24, 2.45) is 0 Å². The van der Waals surface area contributed by atoms with Gasteiger partial charge in [0.1, 0.15) is 6.07 Å². The number of rotatable bonds is 3. The Balaban J connectivity index is 2.70. The zero-order valence-corrected chi connectivity index (χ0v) is 9.28. The van der Waals surface area contributed by atoms with Gasteiger partial charge in [-0.1, -0.05) is 11.6 Å². The van der Waals surface area contributed by atoms with Gasteiger partial charge in [-0.05, 0) is 18.2 Å². The number of halogens is 1. The molecular weight excluding hydrogens is 228 g/mol. The van der Waals surface area contributed by atoms with Crippen molar-refractivity contribution in [3.63, 3.8) is 0 Å². The molecule has 1 aromatic rings. The largest absolute Gasteiger partial charge is 0.466 e. The van der Waals surface area contributed by atoms with Crippen molar-refractivity contribution in [3.8, 4) is 6.07 Å². The summed E-state index contributed by atoms with van der Waals surface area (Å²) in [7, 11) is 1.30. The molecule has 0 saturated carbocycles. The van der Waals surface area contributed by atoms with Crippen LogP contribution in [-0.2, 0) is 9.53 Å². The van der Waals surface area contributed by atoms with E-state index in [0.29, 0.717) is 16.3 Å². The summed E-state index contributed by atoms with van der Waals surface area (Å²) in [5, 5.41) is 11.8. The Morgan fingerprint density at radius 2 is 2.38 bits per heavy atom. The molecule has 1 N–H and O–H groups in total. The molecule has 0 unspecified atom stereocenters. The van der Waals surface area contributed by atoms with Crippen molar-refractivity contribution in [1.82, 2.24) is 0 Å². The molecule has 5 heteroatoms. The second kappa shape index (κ2) is 5.79. The zero-order valence-electron chi connectivity index (χ0n) is 8.53.